The zero-order valence-corrected chi connectivity index (χ0v) is 17.4. The van der Waals surface area contributed by atoms with E-state index in [0.717, 1.165) is 21.6 Å². The van der Waals surface area contributed by atoms with Gasteiger partial charge in [0.2, 0.25) is 0 Å². The number of carbonyl (C=O) groups is 1. The summed E-state index contributed by atoms with van der Waals surface area (Å²) in [6.07, 6.45) is 0. The number of rotatable bonds is 4. The van der Waals surface area contributed by atoms with Gasteiger partial charge in [0.1, 0.15) is 16.2 Å². The summed E-state index contributed by atoms with van der Waals surface area (Å²) in [4.78, 5) is 32.7. The highest BCUT2D eigenvalue weighted by Crippen LogP contribution is 2.31. The molecule has 2 aromatic heterocycles. The van der Waals surface area contributed by atoms with Gasteiger partial charge in [-0.2, -0.15) is 0 Å². The van der Waals surface area contributed by atoms with Crippen molar-refractivity contribution in [2.24, 2.45) is 0 Å². The van der Waals surface area contributed by atoms with Crippen molar-refractivity contribution in [2.75, 3.05) is 6.61 Å². The fourth-order valence-electron chi connectivity index (χ4n) is 3.11. The van der Waals surface area contributed by atoms with E-state index in [1.54, 1.807) is 20.8 Å². The van der Waals surface area contributed by atoms with Crippen molar-refractivity contribution in [2.45, 2.75) is 47.1 Å². The van der Waals surface area contributed by atoms with Crippen LogP contribution in [0.2, 0.25) is 0 Å². The van der Waals surface area contributed by atoms with E-state index in [0.29, 0.717) is 16.0 Å². The number of aromatic nitrogens is 2. The largest absolute Gasteiger partial charge is 0.464 e. The number of carbonyl (C=O) groups excluding carboxylic acids is 1. The molecule has 5 nitrogen and oxygen atoms in total. The van der Waals surface area contributed by atoms with Crippen LogP contribution >= 0.6 is 11.3 Å². The molecule has 0 aliphatic rings. The fraction of sp³-hybridized carbons (Fsp3) is 0.381. The van der Waals surface area contributed by atoms with E-state index in [1.807, 2.05) is 45.0 Å². The number of ether oxygens (including phenoxy) is 1. The molecule has 3 rings (SSSR count). The van der Waals surface area contributed by atoms with Gasteiger partial charge in [-0.05, 0) is 47.1 Å². The van der Waals surface area contributed by atoms with E-state index in [-0.39, 0.29) is 12.2 Å². The molecule has 0 saturated carbocycles. The third kappa shape index (κ3) is 3.18. The van der Waals surface area contributed by atoms with Crippen LogP contribution in [0.4, 0.5) is 0 Å². The van der Waals surface area contributed by atoms with E-state index in [1.165, 1.54) is 15.9 Å². The summed E-state index contributed by atoms with van der Waals surface area (Å²) in [5, 5.41) is 0.575. The van der Waals surface area contributed by atoms with Gasteiger partial charge in [0.15, 0.2) is 0 Å². The Hall–Kier alpha value is -2.47. The summed E-state index contributed by atoms with van der Waals surface area (Å²) >= 11 is 1.50. The van der Waals surface area contributed by atoms with Crippen LogP contribution in [0, 0.1) is 20.8 Å². The number of fused-ring (bicyclic) bond motifs is 1. The first-order valence-electron chi connectivity index (χ1n) is 8.96. The van der Waals surface area contributed by atoms with E-state index in [9.17, 15) is 9.59 Å². The van der Waals surface area contributed by atoms with Crippen LogP contribution in [-0.4, -0.2) is 22.1 Å². The Bertz CT molecular complexity index is 1080. The minimum atomic E-state index is -1.18. The Morgan fingerprint density at radius 1 is 1.19 bits per heavy atom. The van der Waals surface area contributed by atoms with Gasteiger partial charge in [-0.25, -0.2) is 9.78 Å². The number of hydrogen-bond donors (Lipinski definition) is 0. The maximum Gasteiger partial charge on any atom is 0.331 e. The van der Waals surface area contributed by atoms with Gasteiger partial charge in [-0.15, -0.1) is 11.3 Å². The topological polar surface area (TPSA) is 61.2 Å². The standard InChI is InChI=1S/C21H24N2O3S/c1-7-26-20(25)21(5,6)23-17(15-10-8-12(2)9-11-15)22-18-16(19(23)24)13(3)14(4)27-18/h8-11H,7H2,1-6H3. The molecule has 0 saturated heterocycles. The van der Waals surface area contributed by atoms with Crippen molar-refractivity contribution in [1.82, 2.24) is 9.55 Å². The number of hydrogen-bond acceptors (Lipinski definition) is 5. The molecule has 0 bridgehead atoms. The van der Waals surface area contributed by atoms with E-state index in [4.69, 9.17) is 9.72 Å². The van der Waals surface area contributed by atoms with Gasteiger partial charge >= 0.3 is 5.97 Å². The summed E-state index contributed by atoms with van der Waals surface area (Å²) in [5.74, 6) is 0.0259. The quantitative estimate of drug-likeness (QED) is 0.628. The molecule has 27 heavy (non-hydrogen) atoms. The van der Waals surface area contributed by atoms with E-state index >= 15 is 0 Å². The lowest BCUT2D eigenvalue weighted by molar-refractivity contribution is -0.152. The van der Waals surface area contributed by atoms with Gasteiger partial charge in [0.25, 0.3) is 5.56 Å². The lowest BCUT2D eigenvalue weighted by atomic mass is 10.0. The highest BCUT2D eigenvalue weighted by molar-refractivity contribution is 7.18. The second-order valence-electron chi connectivity index (χ2n) is 7.18. The first-order valence-corrected chi connectivity index (χ1v) is 9.77. The molecule has 6 heteroatoms. The SMILES string of the molecule is CCOC(=O)C(C)(C)n1c(-c2ccc(C)cc2)nc2sc(C)c(C)c2c1=O. The molecular weight excluding hydrogens is 360 g/mol. The lowest BCUT2D eigenvalue weighted by Crippen LogP contribution is -2.45. The van der Waals surface area contributed by atoms with Crippen molar-refractivity contribution in [3.63, 3.8) is 0 Å². The zero-order valence-electron chi connectivity index (χ0n) is 16.5. The molecule has 0 aliphatic carbocycles. The zero-order chi connectivity index (χ0) is 19.9. The van der Waals surface area contributed by atoms with Crippen LogP contribution in [-0.2, 0) is 15.1 Å². The van der Waals surface area contributed by atoms with E-state index < -0.39 is 11.5 Å². The number of thiophene rings is 1. The van der Waals surface area contributed by atoms with Crippen molar-refractivity contribution in [1.29, 1.82) is 0 Å². The van der Waals surface area contributed by atoms with Crippen molar-refractivity contribution in [3.05, 3.63) is 50.6 Å². The molecule has 1 aromatic carbocycles. The van der Waals surface area contributed by atoms with Crippen LogP contribution in [0.1, 0.15) is 36.8 Å². The van der Waals surface area contributed by atoms with Crippen LogP contribution in [0.15, 0.2) is 29.1 Å². The molecule has 2 heterocycles. The third-order valence-electron chi connectivity index (χ3n) is 4.85. The maximum atomic E-state index is 13.5. The number of benzene rings is 1. The monoisotopic (exact) mass is 384 g/mol. The molecule has 0 unspecified atom stereocenters. The smallest absolute Gasteiger partial charge is 0.331 e. The Morgan fingerprint density at radius 2 is 1.81 bits per heavy atom. The predicted molar refractivity (Wildman–Crippen MR) is 109 cm³/mol. The molecule has 0 amide bonds. The summed E-state index contributed by atoms with van der Waals surface area (Å²) in [6, 6.07) is 7.79. The van der Waals surface area contributed by atoms with Gasteiger partial charge in [0.05, 0.1) is 12.0 Å². The first-order chi connectivity index (χ1) is 12.7. The summed E-state index contributed by atoms with van der Waals surface area (Å²) in [5.41, 5.74) is 1.42. The minimum absolute atomic E-state index is 0.213. The first kappa shape index (κ1) is 19.3. The van der Waals surface area contributed by atoms with Crippen LogP contribution < -0.4 is 5.56 Å². The Kier molecular flexibility index (Phi) is 4.95. The second kappa shape index (κ2) is 6.93. The summed E-state index contributed by atoms with van der Waals surface area (Å²) in [6.45, 7) is 11.3. The lowest BCUT2D eigenvalue weighted by Gasteiger charge is -2.27. The number of aryl methyl sites for hydroxylation is 3. The average Bonchev–Trinajstić information content (AvgIpc) is 2.89. The molecule has 0 atom stereocenters. The minimum Gasteiger partial charge on any atom is -0.464 e. The Balaban J connectivity index is 2.41. The highest BCUT2D eigenvalue weighted by atomic mass is 32.1. The molecular formula is C21H24N2O3S. The van der Waals surface area contributed by atoms with Crippen LogP contribution in [0.3, 0.4) is 0 Å². The predicted octanol–water partition coefficient (Wildman–Crippen LogP) is 4.35. The van der Waals surface area contributed by atoms with Gasteiger partial charge < -0.3 is 4.74 Å². The molecule has 0 N–H and O–H groups in total. The van der Waals surface area contributed by atoms with E-state index in [2.05, 4.69) is 0 Å². The molecule has 0 fully saturated rings. The summed E-state index contributed by atoms with van der Waals surface area (Å²) in [7, 11) is 0. The van der Waals surface area contributed by atoms with Crippen molar-refractivity contribution < 1.29 is 9.53 Å². The van der Waals surface area contributed by atoms with Gasteiger partial charge in [-0.3, -0.25) is 9.36 Å². The fourth-order valence-corrected chi connectivity index (χ4v) is 4.13. The van der Waals surface area contributed by atoms with Crippen LogP contribution in [0.5, 0.6) is 0 Å². The molecule has 142 valence electrons. The highest BCUT2D eigenvalue weighted by Gasteiger charge is 2.36. The maximum absolute atomic E-state index is 13.5. The van der Waals surface area contributed by atoms with Crippen molar-refractivity contribution in [3.8, 4) is 11.4 Å². The number of nitrogens with zero attached hydrogens (tertiary/aromatic N) is 2. The second-order valence-corrected chi connectivity index (χ2v) is 8.39. The normalized spacial score (nSPS) is 11.8. The molecule has 0 spiro atoms. The third-order valence-corrected chi connectivity index (χ3v) is 5.95. The summed E-state index contributed by atoms with van der Waals surface area (Å²) < 4.78 is 6.73. The number of esters is 1. The molecule has 3 aromatic rings. The van der Waals surface area contributed by atoms with Gasteiger partial charge in [0, 0.05) is 10.4 Å². The van der Waals surface area contributed by atoms with Gasteiger partial charge in [-0.1, -0.05) is 29.8 Å². The average molecular weight is 385 g/mol. The Morgan fingerprint density at radius 3 is 2.41 bits per heavy atom. The molecule has 0 aliphatic heterocycles. The van der Waals surface area contributed by atoms with Crippen LogP contribution in [0.25, 0.3) is 21.6 Å². The molecule has 0 radical (unpaired) electrons. The van der Waals surface area contributed by atoms with Crippen molar-refractivity contribution >= 4 is 27.5 Å². The Labute approximate surface area is 162 Å².